The number of fused-ring (bicyclic) bond motifs is 2. The molecule has 1 N–H and O–H groups in total. The molecule has 2 saturated heterocycles. The van der Waals surface area contributed by atoms with Crippen molar-refractivity contribution in [2.24, 2.45) is 0 Å². The molecule has 2 atom stereocenters. The van der Waals surface area contributed by atoms with Crippen LogP contribution in [0, 0.1) is 11.3 Å². The van der Waals surface area contributed by atoms with Crippen LogP contribution in [0.2, 0.25) is 0 Å². The first-order chi connectivity index (χ1) is 22.6. The van der Waals surface area contributed by atoms with Crippen molar-refractivity contribution >= 4 is 29.5 Å². The smallest absolute Gasteiger partial charge is 0.410 e. The molecule has 2 fully saturated rings. The van der Waals surface area contributed by atoms with Gasteiger partial charge in [0.15, 0.2) is 0 Å². The van der Waals surface area contributed by atoms with Crippen LogP contribution in [0.15, 0.2) is 36.9 Å². The summed E-state index contributed by atoms with van der Waals surface area (Å²) in [5, 5.41) is 13.2. The van der Waals surface area contributed by atoms with E-state index >= 15 is 0 Å². The number of anilines is 3. The van der Waals surface area contributed by atoms with Crippen LogP contribution in [0.5, 0.6) is 0 Å². The van der Waals surface area contributed by atoms with Crippen LogP contribution in [0.3, 0.4) is 0 Å². The zero-order valence-electron chi connectivity index (χ0n) is 28.1. The van der Waals surface area contributed by atoms with Crippen LogP contribution in [0.4, 0.5) is 22.2 Å². The molecule has 2 aromatic rings. The van der Waals surface area contributed by atoms with Gasteiger partial charge in [0.05, 0.1) is 24.2 Å². The quantitative estimate of drug-likeness (QED) is 0.448. The number of aromatic nitrogens is 2. The van der Waals surface area contributed by atoms with E-state index in [0.717, 1.165) is 63.0 Å². The molecule has 1 aliphatic carbocycles. The number of nitrogens with zero attached hydrogens (tertiary/aromatic N) is 7. The lowest BCUT2D eigenvalue weighted by Gasteiger charge is -2.43. The zero-order chi connectivity index (χ0) is 33.1. The highest BCUT2D eigenvalue weighted by atomic mass is 16.6. The van der Waals surface area contributed by atoms with Crippen LogP contribution in [0.25, 0.3) is 0 Å². The summed E-state index contributed by atoms with van der Waals surface area (Å²) in [7, 11) is 0. The van der Waals surface area contributed by atoms with Gasteiger partial charge in [-0.05, 0) is 77.0 Å². The number of aryl methyl sites for hydroxylation is 1. The Bertz CT molecular complexity index is 1520. The molecular weight excluding hydrogens is 592 g/mol. The minimum atomic E-state index is -0.523. The number of rotatable bonds is 6. The van der Waals surface area contributed by atoms with Gasteiger partial charge in [0.1, 0.15) is 11.4 Å². The first-order valence-corrected chi connectivity index (χ1v) is 17.2. The number of likely N-dealkylation sites (tertiary alicyclic amines) is 1. The monoisotopic (exact) mass is 640 g/mol. The molecular formula is C36H48N8O3. The number of carbonyl (C=O) groups is 2. The zero-order valence-corrected chi connectivity index (χ0v) is 28.1. The summed E-state index contributed by atoms with van der Waals surface area (Å²) in [5.41, 5.74) is 4.49. The van der Waals surface area contributed by atoms with Crippen LogP contribution in [-0.2, 0) is 28.8 Å². The van der Waals surface area contributed by atoms with Crippen LogP contribution < -0.4 is 15.1 Å². The molecule has 11 heteroatoms. The minimum Gasteiger partial charge on any atom is -0.444 e. The van der Waals surface area contributed by atoms with Gasteiger partial charge in [0.25, 0.3) is 0 Å². The Hall–Kier alpha value is -4.33. The number of ether oxygens (including phenoxy) is 1. The summed E-state index contributed by atoms with van der Waals surface area (Å²) in [4.78, 5) is 44.0. The Morgan fingerprint density at radius 2 is 1.87 bits per heavy atom. The molecule has 1 aromatic carbocycles. The number of nitriles is 1. The highest BCUT2D eigenvalue weighted by molar-refractivity contribution is 5.87. The molecule has 1 unspecified atom stereocenters. The molecule has 250 valence electrons. The second-order valence-corrected chi connectivity index (χ2v) is 14.2. The van der Waals surface area contributed by atoms with Gasteiger partial charge in [0, 0.05) is 69.0 Å². The number of para-hydroxylation sites is 1. The maximum atomic E-state index is 12.7. The summed E-state index contributed by atoms with van der Waals surface area (Å²) >= 11 is 0. The molecule has 3 aliphatic heterocycles. The predicted molar refractivity (Wildman–Crippen MR) is 183 cm³/mol. The van der Waals surface area contributed by atoms with Gasteiger partial charge in [0.2, 0.25) is 11.9 Å². The van der Waals surface area contributed by atoms with E-state index in [1.54, 1.807) is 9.80 Å². The molecule has 0 bridgehead atoms. The fourth-order valence-electron chi connectivity index (χ4n) is 7.56. The molecule has 2 amide bonds. The maximum Gasteiger partial charge on any atom is 0.410 e. The molecule has 11 nitrogen and oxygen atoms in total. The number of nitrogens with one attached hydrogen (secondary N) is 1. The lowest BCUT2D eigenvalue weighted by atomic mass is 9.88. The van der Waals surface area contributed by atoms with Crippen molar-refractivity contribution < 1.29 is 14.3 Å². The highest BCUT2D eigenvalue weighted by Gasteiger charge is 2.35. The number of piperazine rings is 1. The minimum absolute atomic E-state index is 0.126. The van der Waals surface area contributed by atoms with Gasteiger partial charge in [-0.15, -0.1) is 0 Å². The summed E-state index contributed by atoms with van der Waals surface area (Å²) in [6, 6.07) is 11.3. The number of hydrogen-bond donors (Lipinski definition) is 1. The molecule has 4 aliphatic rings. The van der Waals surface area contributed by atoms with Crippen molar-refractivity contribution in [2.45, 2.75) is 95.9 Å². The first kappa shape index (κ1) is 32.6. The molecule has 0 spiro atoms. The molecule has 6 rings (SSSR count). The molecule has 47 heavy (non-hydrogen) atoms. The number of benzene rings is 1. The maximum absolute atomic E-state index is 12.7. The van der Waals surface area contributed by atoms with Gasteiger partial charge >= 0.3 is 6.09 Å². The van der Waals surface area contributed by atoms with E-state index in [-0.39, 0.29) is 30.5 Å². The van der Waals surface area contributed by atoms with E-state index in [4.69, 9.17) is 14.7 Å². The van der Waals surface area contributed by atoms with E-state index in [0.29, 0.717) is 44.7 Å². The first-order valence-electron chi connectivity index (χ1n) is 17.2. The summed E-state index contributed by atoms with van der Waals surface area (Å²) in [6.07, 6.45) is 7.86. The van der Waals surface area contributed by atoms with E-state index in [1.807, 2.05) is 20.8 Å². The van der Waals surface area contributed by atoms with E-state index in [9.17, 15) is 14.9 Å². The Morgan fingerprint density at radius 1 is 1.09 bits per heavy atom. The average molecular weight is 641 g/mol. The summed E-state index contributed by atoms with van der Waals surface area (Å²) < 4.78 is 5.60. The number of hydrogen-bond acceptors (Lipinski definition) is 9. The lowest BCUT2D eigenvalue weighted by Crippen LogP contribution is -2.55. The standard InChI is InChI=1S/C36H48N8O3/c1-5-32(45)44-22-21-42(24-28(44)14-17-37)33-29-13-12-27(43-18-8-10-25-9-6-7-11-31(25)43)23-30(29)39-34(40-33)38-26-15-19-41(20-16-26)35(46)47-36(2,3)4/h5-7,9,11,26-28H,1,8,10,12-16,18-24H2,2-4H3,(H,38,39,40)/t27?,28-/m0/s1. The van der Waals surface area contributed by atoms with Gasteiger partial charge in [-0.3, -0.25) is 4.79 Å². The lowest BCUT2D eigenvalue weighted by molar-refractivity contribution is -0.128. The third kappa shape index (κ3) is 7.32. The normalized spacial score (nSPS) is 21.7. The average Bonchev–Trinajstić information content (AvgIpc) is 3.06. The van der Waals surface area contributed by atoms with Crippen LogP contribution in [0.1, 0.15) is 69.7 Å². The second kappa shape index (κ2) is 13.8. The van der Waals surface area contributed by atoms with Crippen LogP contribution in [-0.4, -0.2) is 94.8 Å². The predicted octanol–water partition coefficient (Wildman–Crippen LogP) is 4.71. The summed E-state index contributed by atoms with van der Waals surface area (Å²) in [5.74, 6) is 1.38. The topological polar surface area (TPSA) is 118 Å². The third-order valence-corrected chi connectivity index (χ3v) is 9.86. The molecule has 0 saturated carbocycles. The fourth-order valence-corrected chi connectivity index (χ4v) is 7.56. The molecule has 1 aromatic heterocycles. The van der Waals surface area contributed by atoms with Gasteiger partial charge in [-0.2, -0.15) is 10.2 Å². The van der Waals surface area contributed by atoms with Crippen molar-refractivity contribution in [1.82, 2.24) is 19.8 Å². The Balaban J connectivity index is 1.25. The molecule has 4 heterocycles. The van der Waals surface area contributed by atoms with Gasteiger partial charge in [-0.1, -0.05) is 24.8 Å². The van der Waals surface area contributed by atoms with Crippen molar-refractivity contribution in [3.63, 3.8) is 0 Å². The Labute approximate surface area is 278 Å². The summed E-state index contributed by atoms with van der Waals surface area (Å²) in [6.45, 7) is 13.3. The second-order valence-electron chi connectivity index (χ2n) is 14.2. The molecule has 0 radical (unpaired) electrons. The Morgan fingerprint density at radius 3 is 2.62 bits per heavy atom. The largest absolute Gasteiger partial charge is 0.444 e. The number of carbonyl (C=O) groups excluding carboxylic acids is 2. The number of amides is 2. The SMILES string of the molecule is C=CC(=O)N1CCN(c2nc(NC3CCN(C(=O)OC(C)(C)C)CC3)nc3c2CCC(N2CCCc4ccccc42)C3)C[C@@H]1CC#N. The van der Waals surface area contributed by atoms with Crippen molar-refractivity contribution in [1.29, 1.82) is 5.26 Å². The van der Waals surface area contributed by atoms with E-state index in [1.165, 1.54) is 22.9 Å². The Kier molecular flexibility index (Phi) is 9.57. The number of piperidine rings is 1. The van der Waals surface area contributed by atoms with E-state index in [2.05, 4.69) is 52.0 Å². The van der Waals surface area contributed by atoms with Gasteiger partial charge in [-0.25, -0.2) is 9.78 Å². The third-order valence-electron chi connectivity index (χ3n) is 9.86. The fraction of sp³-hybridized carbons (Fsp3) is 0.583. The van der Waals surface area contributed by atoms with Crippen molar-refractivity contribution in [3.8, 4) is 6.07 Å². The van der Waals surface area contributed by atoms with Crippen molar-refractivity contribution in [2.75, 3.05) is 54.4 Å². The van der Waals surface area contributed by atoms with Crippen LogP contribution >= 0.6 is 0 Å². The van der Waals surface area contributed by atoms with Crippen molar-refractivity contribution in [3.05, 3.63) is 53.7 Å². The van der Waals surface area contributed by atoms with E-state index < -0.39 is 5.60 Å². The van der Waals surface area contributed by atoms with Gasteiger partial charge < -0.3 is 29.7 Å². The highest BCUT2D eigenvalue weighted by Crippen LogP contribution is 2.37.